The second kappa shape index (κ2) is 9.04. The van der Waals surface area contributed by atoms with Crippen LogP contribution in [-0.2, 0) is 16.1 Å². The number of aliphatic hydroxyl groups excluding tert-OH is 1. The van der Waals surface area contributed by atoms with E-state index in [1.807, 2.05) is 6.92 Å². The van der Waals surface area contributed by atoms with Crippen LogP contribution < -0.4 is 0 Å². The molecule has 2 aromatic rings. The second-order valence-corrected chi connectivity index (χ2v) is 9.10. The second-order valence-electron chi connectivity index (χ2n) is 9.10. The van der Waals surface area contributed by atoms with Crippen LogP contribution >= 0.6 is 0 Å². The van der Waals surface area contributed by atoms with E-state index in [1.165, 1.54) is 12.1 Å². The molecule has 0 aromatic heterocycles. The Morgan fingerprint density at radius 2 is 2.00 bits per heavy atom. The first-order valence-corrected chi connectivity index (χ1v) is 11.3. The summed E-state index contributed by atoms with van der Waals surface area (Å²) in [6.07, 6.45) is -1.17. The summed E-state index contributed by atoms with van der Waals surface area (Å²) >= 11 is 0. The number of morpholine rings is 1. The SMILES string of the molecule is Cc1c([C@H](O)CN2CCN3C[C@@H](c4cc(F)c(C#N)c(F)c4)OC[C@@H]3C2)ccc2c1COC2=O. The van der Waals surface area contributed by atoms with Gasteiger partial charge in [0, 0.05) is 44.3 Å². The highest BCUT2D eigenvalue weighted by molar-refractivity contribution is 5.93. The summed E-state index contributed by atoms with van der Waals surface area (Å²) in [5.74, 6) is -2.07. The van der Waals surface area contributed by atoms with Crippen molar-refractivity contribution in [3.63, 3.8) is 0 Å². The van der Waals surface area contributed by atoms with E-state index in [1.54, 1.807) is 18.2 Å². The van der Waals surface area contributed by atoms with Crippen LogP contribution in [0.1, 0.15) is 50.4 Å². The van der Waals surface area contributed by atoms with E-state index in [4.69, 9.17) is 14.7 Å². The summed E-state index contributed by atoms with van der Waals surface area (Å²) in [4.78, 5) is 16.2. The Kier molecular flexibility index (Phi) is 6.08. The van der Waals surface area contributed by atoms with Crippen molar-refractivity contribution in [2.24, 2.45) is 0 Å². The van der Waals surface area contributed by atoms with Gasteiger partial charge in [-0.15, -0.1) is 0 Å². The van der Waals surface area contributed by atoms with E-state index in [0.717, 1.165) is 29.8 Å². The monoisotopic (exact) mass is 469 g/mol. The maximum Gasteiger partial charge on any atom is 0.338 e. The summed E-state index contributed by atoms with van der Waals surface area (Å²) in [7, 11) is 0. The first-order chi connectivity index (χ1) is 16.4. The average Bonchev–Trinajstić information content (AvgIpc) is 3.20. The zero-order valence-electron chi connectivity index (χ0n) is 18.8. The predicted octanol–water partition coefficient (Wildman–Crippen LogP) is 2.61. The van der Waals surface area contributed by atoms with Gasteiger partial charge in [-0.05, 0) is 41.8 Å². The average molecular weight is 469 g/mol. The molecule has 0 spiro atoms. The zero-order chi connectivity index (χ0) is 24.0. The molecule has 0 bridgehead atoms. The lowest BCUT2D eigenvalue weighted by molar-refractivity contribution is -0.0938. The number of benzene rings is 2. The van der Waals surface area contributed by atoms with Gasteiger partial charge in [0.25, 0.3) is 0 Å². The first-order valence-electron chi connectivity index (χ1n) is 11.3. The Hall–Kier alpha value is -2.90. The number of nitriles is 1. The van der Waals surface area contributed by atoms with Gasteiger partial charge in [0.15, 0.2) is 0 Å². The molecule has 34 heavy (non-hydrogen) atoms. The van der Waals surface area contributed by atoms with Crippen molar-refractivity contribution in [1.82, 2.24) is 9.80 Å². The number of β-amino-alcohol motifs (C(OH)–C–C–N with tert-alkyl or cyclic N) is 1. The van der Waals surface area contributed by atoms with Crippen molar-refractivity contribution in [2.75, 3.05) is 39.3 Å². The molecule has 2 saturated heterocycles. The van der Waals surface area contributed by atoms with E-state index >= 15 is 0 Å². The van der Waals surface area contributed by atoms with E-state index in [0.29, 0.717) is 37.4 Å². The van der Waals surface area contributed by atoms with Crippen LogP contribution in [0.25, 0.3) is 0 Å². The predicted molar refractivity (Wildman–Crippen MR) is 117 cm³/mol. The quantitative estimate of drug-likeness (QED) is 0.689. The van der Waals surface area contributed by atoms with Gasteiger partial charge in [-0.2, -0.15) is 5.26 Å². The standard InChI is InChI=1S/C25H25F2N3O4/c1-14-17(2-3-18-20(14)13-34-25(18)32)23(31)10-29-4-5-30-11-24(33-12-16(30)9-29)15-6-21(26)19(8-28)22(27)7-15/h2-3,6-7,16,23-24,31H,4-5,9-13H2,1H3/t16-,23+,24-/m0/s1. The first kappa shape index (κ1) is 22.9. The fraction of sp³-hybridized carbons (Fsp3) is 0.440. The summed E-state index contributed by atoms with van der Waals surface area (Å²) in [6, 6.07) is 7.52. The number of rotatable bonds is 4. The minimum absolute atomic E-state index is 0.109. The summed E-state index contributed by atoms with van der Waals surface area (Å²) in [5.41, 5.74) is 2.90. The van der Waals surface area contributed by atoms with E-state index < -0.39 is 29.4 Å². The van der Waals surface area contributed by atoms with Gasteiger partial charge < -0.3 is 14.6 Å². The molecule has 9 heteroatoms. The van der Waals surface area contributed by atoms with Gasteiger partial charge >= 0.3 is 5.97 Å². The molecular weight excluding hydrogens is 444 g/mol. The van der Waals surface area contributed by atoms with Gasteiger partial charge in [0.05, 0.1) is 24.4 Å². The molecule has 0 saturated carbocycles. The Bertz CT molecular complexity index is 1160. The Morgan fingerprint density at radius 1 is 1.24 bits per heavy atom. The Morgan fingerprint density at radius 3 is 2.74 bits per heavy atom. The van der Waals surface area contributed by atoms with Crippen molar-refractivity contribution in [3.8, 4) is 6.07 Å². The van der Waals surface area contributed by atoms with Crippen molar-refractivity contribution in [2.45, 2.75) is 31.8 Å². The number of carbonyl (C=O) groups excluding carboxylic acids is 1. The molecule has 2 fully saturated rings. The van der Waals surface area contributed by atoms with Crippen LogP contribution in [0, 0.1) is 29.9 Å². The van der Waals surface area contributed by atoms with Gasteiger partial charge in [0.1, 0.15) is 29.9 Å². The zero-order valence-corrected chi connectivity index (χ0v) is 18.8. The van der Waals surface area contributed by atoms with Gasteiger partial charge in [0.2, 0.25) is 0 Å². The number of ether oxygens (including phenoxy) is 2. The lowest BCUT2D eigenvalue weighted by Gasteiger charge is -2.46. The molecular formula is C25H25F2N3O4. The third-order valence-corrected chi connectivity index (χ3v) is 7.12. The van der Waals surface area contributed by atoms with E-state index in [9.17, 15) is 18.7 Å². The van der Waals surface area contributed by atoms with Crippen molar-refractivity contribution < 1.29 is 28.2 Å². The van der Waals surface area contributed by atoms with Crippen molar-refractivity contribution >= 4 is 5.97 Å². The van der Waals surface area contributed by atoms with Crippen LogP contribution in [0.5, 0.6) is 0 Å². The Labute approximate surface area is 196 Å². The summed E-state index contributed by atoms with van der Waals surface area (Å²) in [5, 5.41) is 19.8. The maximum atomic E-state index is 14.0. The topological polar surface area (TPSA) is 86.0 Å². The molecule has 0 unspecified atom stereocenters. The molecule has 0 amide bonds. The third kappa shape index (κ3) is 4.07. The third-order valence-electron chi connectivity index (χ3n) is 7.12. The highest BCUT2D eigenvalue weighted by atomic mass is 19.1. The molecule has 3 atom stereocenters. The normalized spacial score (nSPS) is 23.7. The number of hydrogen-bond acceptors (Lipinski definition) is 7. The van der Waals surface area contributed by atoms with Gasteiger partial charge in [-0.3, -0.25) is 9.80 Å². The maximum absolute atomic E-state index is 14.0. The van der Waals surface area contributed by atoms with Crippen LogP contribution in [0.2, 0.25) is 0 Å². The van der Waals surface area contributed by atoms with Crippen LogP contribution in [0.3, 0.4) is 0 Å². The molecule has 3 aliphatic rings. The van der Waals surface area contributed by atoms with Gasteiger partial charge in [-0.25, -0.2) is 13.6 Å². The fourth-order valence-corrected chi connectivity index (χ4v) is 5.17. The molecule has 3 heterocycles. The molecule has 7 nitrogen and oxygen atoms in total. The smallest absolute Gasteiger partial charge is 0.338 e. The number of cyclic esters (lactones) is 1. The number of hydrogen-bond donors (Lipinski definition) is 1. The number of nitrogens with zero attached hydrogens (tertiary/aromatic N) is 3. The number of carbonyl (C=O) groups is 1. The molecule has 2 aromatic carbocycles. The number of piperazine rings is 1. The highest BCUT2D eigenvalue weighted by Crippen LogP contribution is 2.31. The van der Waals surface area contributed by atoms with E-state index in [2.05, 4.69) is 9.80 Å². The van der Waals surface area contributed by atoms with Crippen molar-refractivity contribution in [1.29, 1.82) is 5.26 Å². The fourth-order valence-electron chi connectivity index (χ4n) is 5.17. The lowest BCUT2D eigenvalue weighted by atomic mass is 9.95. The molecule has 178 valence electrons. The molecule has 0 aliphatic carbocycles. The minimum atomic E-state index is -0.875. The van der Waals surface area contributed by atoms with Crippen LogP contribution in [-0.4, -0.2) is 66.2 Å². The molecule has 1 N–H and O–H groups in total. The number of fused-ring (bicyclic) bond motifs is 2. The number of aliphatic hydroxyl groups is 1. The highest BCUT2D eigenvalue weighted by Gasteiger charge is 2.35. The van der Waals surface area contributed by atoms with Crippen LogP contribution in [0.4, 0.5) is 8.78 Å². The van der Waals surface area contributed by atoms with Crippen molar-refractivity contribution in [3.05, 3.63) is 69.3 Å². The number of halogens is 2. The lowest BCUT2D eigenvalue weighted by Crippen LogP contribution is -2.58. The minimum Gasteiger partial charge on any atom is -0.457 e. The summed E-state index contributed by atoms with van der Waals surface area (Å²) in [6.45, 7) is 5.68. The van der Waals surface area contributed by atoms with E-state index in [-0.39, 0.29) is 18.6 Å². The molecule has 0 radical (unpaired) electrons. The Balaban J connectivity index is 1.21. The summed E-state index contributed by atoms with van der Waals surface area (Å²) < 4.78 is 39.1. The van der Waals surface area contributed by atoms with Gasteiger partial charge in [-0.1, -0.05) is 6.07 Å². The van der Waals surface area contributed by atoms with Crippen LogP contribution in [0.15, 0.2) is 24.3 Å². The molecule has 5 rings (SSSR count). The number of esters is 1. The largest absolute Gasteiger partial charge is 0.457 e. The molecule has 3 aliphatic heterocycles.